The molecular weight excluding hydrogens is 542 g/mol. The zero-order valence-corrected chi connectivity index (χ0v) is 23.1. The molecule has 204 valence electrons. The minimum absolute atomic E-state index is 0.0700. The smallest absolute Gasteiger partial charge is 0.188 e. The number of nitrogens with zero attached hydrogens (tertiary/aromatic N) is 2. The van der Waals surface area contributed by atoms with Crippen molar-refractivity contribution < 1.29 is 10.2 Å². The highest BCUT2D eigenvalue weighted by Gasteiger charge is 2.08. The molecule has 0 amide bonds. The second kappa shape index (κ2) is 11.9. The maximum absolute atomic E-state index is 11.8. The summed E-state index contributed by atoms with van der Waals surface area (Å²) < 4.78 is 1.14. The SMILES string of the molecule is O=c1cccc2ccc3ccc[nH]c3c12.Oc1cccc2cccnc12.Oc1ccccc1-c1nc2ccccc2s1. The maximum atomic E-state index is 11.8. The van der Waals surface area contributed by atoms with Crippen LogP contribution in [0.15, 0.2) is 139 Å². The van der Waals surface area contributed by atoms with Gasteiger partial charge in [-0.25, -0.2) is 4.98 Å². The summed E-state index contributed by atoms with van der Waals surface area (Å²) in [5, 5.41) is 23.7. The van der Waals surface area contributed by atoms with Crippen LogP contribution >= 0.6 is 11.3 Å². The summed E-state index contributed by atoms with van der Waals surface area (Å²) in [7, 11) is 0. The number of pyridine rings is 2. The molecule has 0 atom stereocenters. The first kappa shape index (κ1) is 26.7. The van der Waals surface area contributed by atoms with Crippen LogP contribution in [0.2, 0.25) is 0 Å². The molecule has 3 N–H and O–H groups in total. The molecule has 0 aliphatic carbocycles. The molecule has 6 nitrogen and oxygen atoms in total. The lowest BCUT2D eigenvalue weighted by molar-refractivity contribution is 0.477. The second-order valence-electron chi connectivity index (χ2n) is 9.41. The molecule has 0 saturated heterocycles. The lowest BCUT2D eigenvalue weighted by atomic mass is 10.1. The van der Waals surface area contributed by atoms with Crippen LogP contribution in [0.25, 0.3) is 53.4 Å². The number of rotatable bonds is 1. The fourth-order valence-corrected chi connectivity index (χ4v) is 5.67. The van der Waals surface area contributed by atoms with E-state index in [-0.39, 0.29) is 16.9 Å². The van der Waals surface area contributed by atoms with Crippen LogP contribution in [0.1, 0.15) is 0 Å². The molecule has 3 heterocycles. The van der Waals surface area contributed by atoms with Crippen molar-refractivity contribution in [1.82, 2.24) is 15.0 Å². The first-order valence-corrected chi connectivity index (χ1v) is 14.1. The molecule has 0 aliphatic rings. The molecule has 0 spiro atoms. The minimum Gasteiger partial charge on any atom is -0.507 e. The molecule has 0 unspecified atom stereocenters. The van der Waals surface area contributed by atoms with Crippen molar-refractivity contribution >= 4 is 54.1 Å². The fourth-order valence-electron chi connectivity index (χ4n) is 4.67. The number of phenolic OH excluding ortho intramolecular Hbond substituents is 2. The van der Waals surface area contributed by atoms with Gasteiger partial charge in [0.2, 0.25) is 0 Å². The Kier molecular flexibility index (Phi) is 7.57. The molecule has 0 saturated carbocycles. The standard InChI is InChI=1S/C13H9NOS.C13H9NO.C9H7NO/c15-11-7-3-1-5-9(11)13-14-10-6-2-4-8-12(10)16-13;15-11-5-1-3-9-6-7-10-4-2-8-14-13(10)12(9)11;11-8-5-1-3-7-4-2-6-10-9(7)8/h1-8,15H;1-8,14H;1-6,11H. The molecule has 7 heteroatoms. The molecule has 5 aromatic carbocycles. The Bertz CT molecular complexity index is 2180. The maximum Gasteiger partial charge on any atom is 0.188 e. The van der Waals surface area contributed by atoms with E-state index >= 15 is 0 Å². The second-order valence-corrected chi connectivity index (χ2v) is 10.4. The van der Waals surface area contributed by atoms with E-state index in [4.69, 9.17) is 0 Å². The van der Waals surface area contributed by atoms with Crippen LogP contribution in [-0.2, 0) is 0 Å². The van der Waals surface area contributed by atoms with Crippen molar-refractivity contribution in [3.05, 3.63) is 144 Å². The molecule has 8 aromatic rings. The fraction of sp³-hybridized carbons (Fsp3) is 0. The number of para-hydroxylation sites is 3. The number of thiazole rings is 1. The monoisotopic (exact) mass is 567 g/mol. The molecule has 0 radical (unpaired) electrons. The van der Waals surface area contributed by atoms with Crippen molar-refractivity contribution in [2.24, 2.45) is 0 Å². The predicted molar refractivity (Wildman–Crippen MR) is 172 cm³/mol. The Morgan fingerprint density at radius 3 is 2.21 bits per heavy atom. The topological polar surface area (TPSA) is 99.1 Å². The normalized spacial score (nSPS) is 10.7. The highest BCUT2D eigenvalue weighted by atomic mass is 32.1. The Balaban J connectivity index is 0.000000115. The van der Waals surface area contributed by atoms with Crippen molar-refractivity contribution in [3.8, 4) is 22.1 Å². The molecule has 0 aliphatic heterocycles. The zero-order valence-electron chi connectivity index (χ0n) is 22.3. The van der Waals surface area contributed by atoms with E-state index < -0.39 is 0 Å². The summed E-state index contributed by atoms with van der Waals surface area (Å²) in [4.78, 5) is 23.4. The average Bonchev–Trinajstić information content (AvgIpc) is 3.46. The van der Waals surface area contributed by atoms with Crippen LogP contribution in [0, 0.1) is 0 Å². The lowest BCUT2D eigenvalue weighted by Crippen LogP contribution is -1.99. The number of aromatic nitrogens is 3. The number of fused-ring (bicyclic) bond motifs is 5. The van der Waals surface area contributed by atoms with E-state index in [1.54, 1.807) is 47.9 Å². The highest BCUT2D eigenvalue weighted by Crippen LogP contribution is 2.34. The summed E-state index contributed by atoms with van der Waals surface area (Å²) in [6.45, 7) is 0. The number of hydrogen-bond acceptors (Lipinski definition) is 6. The molecular formula is C35H25N3O3S. The Hall–Kier alpha value is -5.53. The van der Waals surface area contributed by atoms with E-state index in [0.717, 1.165) is 47.8 Å². The number of benzene rings is 5. The Morgan fingerprint density at radius 1 is 0.643 bits per heavy atom. The van der Waals surface area contributed by atoms with Gasteiger partial charge in [-0.15, -0.1) is 11.3 Å². The van der Waals surface area contributed by atoms with Gasteiger partial charge in [0.1, 0.15) is 22.0 Å². The predicted octanol–water partition coefficient (Wildman–Crippen LogP) is 8.29. The van der Waals surface area contributed by atoms with Gasteiger partial charge in [-0.1, -0.05) is 72.8 Å². The van der Waals surface area contributed by atoms with Gasteiger partial charge in [0.15, 0.2) is 5.43 Å². The van der Waals surface area contributed by atoms with Gasteiger partial charge in [-0.05, 0) is 59.3 Å². The third-order valence-electron chi connectivity index (χ3n) is 6.68. The van der Waals surface area contributed by atoms with Gasteiger partial charge in [0.25, 0.3) is 0 Å². The number of H-pyrrole nitrogens is 1. The van der Waals surface area contributed by atoms with Crippen molar-refractivity contribution in [1.29, 1.82) is 0 Å². The third-order valence-corrected chi connectivity index (χ3v) is 7.75. The number of aromatic hydroxyl groups is 2. The summed E-state index contributed by atoms with van der Waals surface area (Å²) in [5.74, 6) is 0.518. The van der Waals surface area contributed by atoms with Gasteiger partial charge >= 0.3 is 0 Å². The Labute approximate surface area is 244 Å². The summed E-state index contributed by atoms with van der Waals surface area (Å²) >= 11 is 1.59. The van der Waals surface area contributed by atoms with Gasteiger partial charge < -0.3 is 15.2 Å². The summed E-state index contributed by atoms with van der Waals surface area (Å²) in [5.41, 5.74) is 3.42. The van der Waals surface area contributed by atoms with Crippen LogP contribution < -0.4 is 5.43 Å². The average molecular weight is 568 g/mol. The van der Waals surface area contributed by atoms with Crippen LogP contribution in [0.3, 0.4) is 0 Å². The molecule has 42 heavy (non-hydrogen) atoms. The lowest BCUT2D eigenvalue weighted by Gasteiger charge is -2.01. The molecule has 0 fully saturated rings. The van der Waals surface area contributed by atoms with Crippen LogP contribution in [0.5, 0.6) is 11.5 Å². The van der Waals surface area contributed by atoms with Gasteiger partial charge in [-0.3, -0.25) is 9.78 Å². The first-order valence-electron chi connectivity index (χ1n) is 13.2. The summed E-state index contributed by atoms with van der Waals surface area (Å²) in [6, 6.07) is 37.7. The van der Waals surface area contributed by atoms with E-state index in [1.165, 1.54) is 0 Å². The van der Waals surface area contributed by atoms with E-state index in [2.05, 4.69) is 15.0 Å². The van der Waals surface area contributed by atoms with Gasteiger partial charge in [0.05, 0.1) is 26.7 Å². The number of phenols is 2. The van der Waals surface area contributed by atoms with Crippen molar-refractivity contribution in [2.75, 3.05) is 0 Å². The van der Waals surface area contributed by atoms with E-state index in [0.29, 0.717) is 5.52 Å². The third kappa shape index (κ3) is 5.54. The Morgan fingerprint density at radius 2 is 1.36 bits per heavy atom. The molecule has 3 aromatic heterocycles. The highest BCUT2D eigenvalue weighted by molar-refractivity contribution is 7.21. The van der Waals surface area contributed by atoms with Crippen molar-refractivity contribution in [2.45, 2.75) is 0 Å². The molecule has 8 rings (SSSR count). The quantitative estimate of drug-likeness (QED) is 0.173. The van der Waals surface area contributed by atoms with Crippen LogP contribution in [0.4, 0.5) is 0 Å². The number of hydrogen-bond donors (Lipinski definition) is 3. The first-order chi connectivity index (χ1) is 20.6. The van der Waals surface area contributed by atoms with E-state index in [9.17, 15) is 15.0 Å². The van der Waals surface area contributed by atoms with Gasteiger partial charge in [0, 0.05) is 17.8 Å². The van der Waals surface area contributed by atoms with Crippen molar-refractivity contribution in [3.63, 3.8) is 0 Å². The number of aromatic amines is 1. The van der Waals surface area contributed by atoms with Gasteiger partial charge in [-0.2, -0.15) is 0 Å². The summed E-state index contributed by atoms with van der Waals surface area (Å²) in [6.07, 6.45) is 3.51. The molecule has 0 bridgehead atoms. The largest absolute Gasteiger partial charge is 0.507 e. The van der Waals surface area contributed by atoms with E-state index in [1.807, 2.05) is 97.2 Å². The minimum atomic E-state index is 0.0700. The zero-order chi connectivity index (χ0) is 28.9. The van der Waals surface area contributed by atoms with Crippen LogP contribution in [-0.4, -0.2) is 25.2 Å². The number of nitrogens with one attached hydrogen (secondary N) is 1.